The highest BCUT2D eigenvalue weighted by molar-refractivity contribution is 5.70. The van der Waals surface area contributed by atoms with Crippen LogP contribution < -0.4 is 5.32 Å². The highest BCUT2D eigenvalue weighted by atomic mass is 19.1. The number of aliphatic carboxylic acids is 1. The van der Waals surface area contributed by atoms with Crippen LogP contribution in [0, 0.1) is 17.6 Å². The number of amides is 1. The normalized spacial score (nSPS) is 14.3. The van der Waals surface area contributed by atoms with E-state index in [1.165, 1.54) is 48.5 Å². The Morgan fingerprint density at radius 2 is 1.41 bits per heavy atom. The Labute approximate surface area is 186 Å². The van der Waals surface area contributed by atoms with Crippen molar-refractivity contribution in [1.82, 2.24) is 5.32 Å². The SMILES string of the molecule is CC(C)(C)OC(=O)N[C@@H](Cc1ccc(F)cc1)[C@@H](O)C[C@@H](Cc1ccc(F)cc1)C(=O)O. The zero-order valence-electron chi connectivity index (χ0n) is 18.3. The van der Waals surface area contributed by atoms with E-state index >= 15 is 0 Å². The van der Waals surface area contributed by atoms with Gasteiger partial charge in [-0.3, -0.25) is 4.79 Å². The molecule has 0 spiro atoms. The number of nitrogens with one attached hydrogen (secondary N) is 1. The third kappa shape index (κ3) is 8.63. The molecule has 2 rings (SSSR count). The van der Waals surface area contributed by atoms with Crippen LogP contribution in [0.5, 0.6) is 0 Å². The third-order valence-corrected chi connectivity index (χ3v) is 4.81. The molecule has 0 radical (unpaired) electrons. The van der Waals surface area contributed by atoms with Crippen molar-refractivity contribution < 1.29 is 33.3 Å². The zero-order valence-corrected chi connectivity index (χ0v) is 18.3. The number of hydrogen-bond acceptors (Lipinski definition) is 4. The molecule has 6 nitrogen and oxygen atoms in total. The number of carboxylic acids is 1. The van der Waals surface area contributed by atoms with E-state index in [1.54, 1.807) is 20.8 Å². The number of ether oxygens (including phenoxy) is 1. The van der Waals surface area contributed by atoms with Crippen LogP contribution in [0.15, 0.2) is 48.5 Å². The van der Waals surface area contributed by atoms with Crippen LogP contribution in [0.4, 0.5) is 13.6 Å². The average molecular weight is 449 g/mol. The summed E-state index contributed by atoms with van der Waals surface area (Å²) in [5, 5.41) is 23.1. The van der Waals surface area contributed by atoms with Gasteiger partial charge in [0.25, 0.3) is 0 Å². The van der Waals surface area contributed by atoms with Crippen molar-refractivity contribution in [2.45, 2.75) is 57.8 Å². The number of hydrogen-bond donors (Lipinski definition) is 3. The zero-order chi connectivity index (χ0) is 23.9. The second-order valence-corrected chi connectivity index (χ2v) is 8.75. The summed E-state index contributed by atoms with van der Waals surface area (Å²) in [6.07, 6.45) is -1.91. The lowest BCUT2D eigenvalue weighted by atomic mass is 9.89. The molecule has 0 aliphatic carbocycles. The van der Waals surface area contributed by atoms with Gasteiger partial charge in [0.2, 0.25) is 0 Å². The summed E-state index contributed by atoms with van der Waals surface area (Å²) in [5.74, 6) is -2.93. The number of carboxylic acid groups (broad SMARTS) is 1. The Morgan fingerprint density at radius 1 is 0.938 bits per heavy atom. The molecule has 0 heterocycles. The summed E-state index contributed by atoms with van der Waals surface area (Å²) < 4.78 is 31.6. The number of aliphatic hydroxyl groups excluding tert-OH is 1. The lowest BCUT2D eigenvalue weighted by molar-refractivity contribution is -0.143. The molecule has 32 heavy (non-hydrogen) atoms. The van der Waals surface area contributed by atoms with Crippen molar-refractivity contribution in [3.63, 3.8) is 0 Å². The molecule has 0 saturated carbocycles. The summed E-state index contributed by atoms with van der Waals surface area (Å²) >= 11 is 0. The highest BCUT2D eigenvalue weighted by Crippen LogP contribution is 2.20. The van der Waals surface area contributed by atoms with Gasteiger partial charge in [-0.05, 0) is 75.4 Å². The van der Waals surface area contributed by atoms with Gasteiger partial charge >= 0.3 is 12.1 Å². The third-order valence-electron chi connectivity index (χ3n) is 4.81. The Balaban J connectivity index is 2.16. The molecule has 8 heteroatoms. The fourth-order valence-corrected chi connectivity index (χ4v) is 3.25. The second kappa shape index (κ2) is 11.0. The van der Waals surface area contributed by atoms with E-state index in [2.05, 4.69) is 5.32 Å². The molecule has 0 fully saturated rings. The number of alkyl carbamates (subject to hydrolysis) is 1. The first kappa shape index (κ1) is 25.3. The van der Waals surface area contributed by atoms with E-state index in [1.807, 2.05) is 0 Å². The Kier molecular flexibility index (Phi) is 8.72. The lowest BCUT2D eigenvalue weighted by Crippen LogP contribution is -2.47. The minimum atomic E-state index is -1.23. The maximum atomic E-state index is 13.2. The van der Waals surface area contributed by atoms with E-state index in [9.17, 15) is 28.6 Å². The second-order valence-electron chi connectivity index (χ2n) is 8.75. The first-order chi connectivity index (χ1) is 14.9. The number of carbonyl (C=O) groups excluding carboxylic acids is 1. The van der Waals surface area contributed by atoms with Crippen LogP contribution >= 0.6 is 0 Å². The number of carbonyl (C=O) groups is 2. The van der Waals surface area contributed by atoms with E-state index in [0.717, 1.165) is 0 Å². The topological polar surface area (TPSA) is 95.9 Å². The Bertz CT molecular complexity index is 894. The van der Waals surface area contributed by atoms with Gasteiger partial charge in [0.1, 0.15) is 17.2 Å². The highest BCUT2D eigenvalue weighted by Gasteiger charge is 2.30. The van der Waals surface area contributed by atoms with Gasteiger partial charge in [0, 0.05) is 0 Å². The lowest BCUT2D eigenvalue weighted by Gasteiger charge is -2.28. The fraction of sp³-hybridized carbons (Fsp3) is 0.417. The molecule has 0 saturated heterocycles. The molecule has 1 amide bonds. The first-order valence-electron chi connectivity index (χ1n) is 10.3. The summed E-state index contributed by atoms with van der Waals surface area (Å²) in [5.41, 5.74) is 0.500. The average Bonchev–Trinajstić information content (AvgIpc) is 2.68. The molecule has 0 unspecified atom stereocenters. The predicted molar refractivity (Wildman–Crippen MR) is 115 cm³/mol. The van der Waals surface area contributed by atoms with Crippen molar-refractivity contribution in [1.29, 1.82) is 0 Å². The minimum Gasteiger partial charge on any atom is -0.481 e. The first-order valence-corrected chi connectivity index (χ1v) is 10.3. The Morgan fingerprint density at radius 3 is 1.84 bits per heavy atom. The van der Waals surface area contributed by atoms with Crippen molar-refractivity contribution in [2.24, 2.45) is 5.92 Å². The summed E-state index contributed by atoms with van der Waals surface area (Å²) in [6, 6.07) is 10.2. The van der Waals surface area contributed by atoms with Gasteiger partial charge in [0.05, 0.1) is 18.1 Å². The standard InChI is InChI=1S/C24H29F2NO5/c1-24(2,3)32-23(31)27-20(13-16-6-10-19(26)11-7-16)21(28)14-17(22(29)30)12-15-4-8-18(25)9-5-15/h4-11,17,20-21,28H,12-14H2,1-3H3,(H,27,31)(H,29,30)/t17-,20+,21+/m1/s1. The molecular formula is C24H29F2NO5. The molecule has 2 aromatic rings. The van der Waals surface area contributed by atoms with Crippen LogP contribution in [-0.4, -0.2) is 40.0 Å². The number of benzene rings is 2. The van der Waals surface area contributed by atoms with Gasteiger partial charge in [-0.1, -0.05) is 24.3 Å². The van der Waals surface area contributed by atoms with Crippen molar-refractivity contribution in [3.05, 3.63) is 71.3 Å². The molecule has 174 valence electrons. The smallest absolute Gasteiger partial charge is 0.407 e. The quantitative estimate of drug-likeness (QED) is 0.536. The predicted octanol–water partition coefficient (Wildman–Crippen LogP) is 4.10. The number of halogens is 2. The van der Waals surface area contributed by atoms with Crippen molar-refractivity contribution in [3.8, 4) is 0 Å². The molecule has 0 aliphatic rings. The Hall–Kier alpha value is -3.00. The van der Waals surface area contributed by atoms with Crippen LogP contribution in [0.2, 0.25) is 0 Å². The van der Waals surface area contributed by atoms with Gasteiger partial charge in [-0.2, -0.15) is 0 Å². The van der Waals surface area contributed by atoms with Gasteiger partial charge < -0.3 is 20.3 Å². The van der Waals surface area contributed by atoms with Gasteiger partial charge in [-0.25, -0.2) is 13.6 Å². The van der Waals surface area contributed by atoms with Crippen molar-refractivity contribution >= 4 is 12.1 Å². The molecule has 0 aromatic heterocycles. The molecule has 0 aliphatic heterocycles. The van der Waals surface area contributed by atoms with Gasteiger partial charge in [-0.15, -0.1) is 0 Å². The molecule has 2 aromatic carbocycles. The molecule has 3 N–H and O–H groups in total. The molecule has 3 atom stereocenters. The molecule has 0 bridgehead atoms. The van der Waals surface area contributed by atoms with Gasteiger partial charge in [0.15, 0.2) is 0 Å². The van der Waals surface area contributed by atoms with E-state index in [-0.39, 0.29) is 19.3 Å². The summed E-state index contributed by atoms with van der Waals surface area (Å²) in [4.78, 5) is 24.1. The number of aliphatic hydroxyl groups is 1. The van der Waals surface area contributed by atoms with Crippen LogP contribution in [0.1, 0.15) is 38.3 Å². The molecular weight excluding hydrogens is 420 g/mol. The van der Waals surface area contributed by atoms with Crippen LogP contribution in [0.25, 0.3) is 0 Å². The van der Waals surface area contributed by atoms with Crippen LogP contribution in [0.3, 0.4) is 0 Å². The van der Waals surface area contributed by atoms with E-state index in [0.29, 0.717) is 11.1 Å². The van der Waals surface area contributed by atoms with E-state index < -0.39 is 47.4 Å². The van der Waals surface area contributed by atoms with Crippen molar-refractivity contribution in [2.75, 3.05) is 0 Å². The monoisotopic (exact) mass is 449 g/mol. The summed E-state index contributed by atoms with van der Waals surface area (Å²) in [7, 11) is 0. The van der Waals surface area contributed by atoms with E-state index in [4.69, 9.17) is 4.74 Å². The maximum absolute atomic E-state index is 13.2. The largest absolute Gasteiger partial charge is 0.481 e. The number of rotatable bonds is 9. The minimum absolute atomic E-state index is 0.0857. The fourth-order valence-electron chi connectivity index (χ4n) is 3.25. The summed E-state index contributed by atoms with van der Waals surface area (Å²) in [6.45, 7) is 5.09. The van der Waals surface area contributed by atoms with Crippen LogP contribution in [-0.2, 0) is 22.4 Å². The maximum Gasteiger partial charge on any atom is 0.407 e.